The first-order valence-corrected chi connectivity index (χ1v) is 5.85. The molecule has 0 aliphatic carbocycles. The normalized spacial score (nSPS) is 10.2. The van der Waals surface area contributed by atoms with Crippen molar-refractivity contribution in [1.29, 1.82) is 0 Å². The highest BCUT2D eigenvalue weighted by molar-refractivity contribution is 5.97. The standard InChI is InChI=1S/C13H20N2O3/c1-4-15(7-8-17-2)13(16)11-6-5-10(14)9-12(11)18-3/h5-6,9H,4,7-8,14H2,1-3H3. The van der Waals surface area contributed by atoms with Gasteiger partial charge in [-0.3, -0.25) is 4.79 Å². The van der Waals surface area contributed by atoms with E-state index in [0.29, 0.717) is 36.7 Å². The number of nitrogens with zero attached hydrogens (tertiary/aromatic N) is 1. The zero-order chi connectivity index (χ0) is 13.5. The summed E-state index contributed by atoms with van der Waals surface area (Å²) in [5.41, 5.74) is 6.76. The summed E-state index contributed by atoms with van der Waals surface area (Å²) in [4.78, 5) is 14.0. The van der Waals surface area contributed by atoms with Gasteiger partial charge < -0.3 is 20.1 Å². The van der Waals surface area contributed by atoms with Crippen molar-refractivity contribution in [1.82, 2.24) is 4.90 Å². The Labute approximate surface area is 107 Å². The number of hydrogen-bond acceptors (Lipinski definition) is 4. The molecule has 0 heterocycles. The lowest BCUT2D eigenvalue weighted by Gasteiger charge is -2.21. The van der Waals surface area contributed by atoms with Crippen LogP contribution in [0.2, 0.25) is 0 Å². The molecule has 100 valence electrons. The van der Waals surface area contributed by atoms with Crippen LogP contribution in [0.5, 0.6) is 5.75 Å². The number of amides is 1. The highest BCUT2D eigenvalue weighted by Gasteiger charge is 2.18. The zero-order valence-corrected chi connectivity index (χ0v) is 11.1. The number of ether oxygens (including phenoxy) is 2. The average Bonchev–Trinajstić information content (AvgIpc) is 2.39. The summed E-state index contributed by atoms with van der Waals surface area (Å²) in [5.74, 6) is 0.419. The van der Waals surface area contributed by atoms with Crippen molar-refractivity contribution in [2.24, 2.45) is 0 Å². The smallest absolute Gasteiger partial charge is 0.257 e. The van der Waals surface area contributed by atoms with Crippen molar-refractivity contribution in [2.45, 2.75) is 6.92 Å². The number of nitrogen functional groups attached to an aromatic ring is 1. The molecule has 1 amide bonds. The topological polar surface area (TPSA) is 64.8 Å². The Balaban J connectivity index is 2.93. The Morgan fingerprint density at radius 1 is 1.39 bits per heavy atom. The van der Waals surface area contributed by atoms with Crippen LogP contribution in [0.15, 0.2) is 18.2 Å². The van der Waals surface area contributed by atoms with E-state index in [0.717, 1.165) is 0 Å². The third-order valence-electron chi connectivity index (χ3n) is 2.69. The van der Waals surface area contributed by atoms with Crippen molar-refractivity contribution in [3.05, 3.63) is 23.8 Å². The molecule has 0 aliphatic rings. The lowest BCUT2D eigenvalue weighted by Crippen LogP contribution is -2.33. The molecule has 2 N–H and O–H groups in total. The molecule has 1 aromatic carbocycles. The second-order valence-corrected chi connectivity index (χ2v) is 3.84. The summed E-state index contributed by atoms with van der Waals surface area (Å²) in [6.45, 7) is 3.61. The van der Waals surface area contributed by atoms with Gasteiger partial charge in [0, 0.05) is 32.0 Å². The van der Waals surface area contributed by atoms with E-state index in [1.807, 2.05) is 6.92 Å². The predicted molar refractivity (Wildman–Crippen MR) is 70.9 cm³/mol. The maximum absolute atomic E-state index is 12.3. The van der Waals surface area contributed by atoms with Crippen LogP contribution >= 0.6 is 0 Å². The number of likely N-dealkylation sites (N-methyl/N-ethyl adjacent to an activating group) is 1. The quantitative estimate of drug-likeness (QED) is 0.777. The van der Waals surface area contributed by atoms with Crippen molar-refractivity contribution in [3.63, 3.8) is 0 Å². The van der Waals surface area contributed by atoms with Crippen LogP contribution in [0, 0.1) is 0 Å². The monoisotopic (exact) mass is 252 g/mol. The molecule has 0 unspecified atom stereocenters. The van der Waals surface area contributed by atoms with E-state index >= 15 is 0 Å². The van der Waals surface area contributed by atoms with Gasteiger partial charge in [0.1, 0.15) is 5.75 Å². The summed E-state index contributed by atoms with van der Waals surface area (Å²) >= 11 is 0. The number of rotatable bonds is 6. The molecule has 1 aromatic rings. The van der Waals surface area contributed by atoms with Crippen LogP contribution in [0.1, 0.15) is 17.3 Å². The van der Waals surface area contributed by atoms with E-state index in [-0.39, 0.29) is 5.91 Å². The Hall–Kier alpha value is -1.75. The molecule has 0 fully saturated rings. The maximum atomic E-state index is 12.3. The summed E-state index contributed by atoms with van der Waals surface area (Å²) in [5, 5.41) is 0. The fourth-order valence-electron chi connectivity index (χ4n) is 1.66. The molecular weight excluding hydrogens is 232 g/mol. The Kier molecular flexibility index (Phi) is 5.45. The van der Waals surface area contributed by atoms with Gasteiger partial charge in [0.25, 0.3) is 5.91 Å². The van der Waals surface area contributed by atoms with E-state index in [1.54, 1.807) is 30.2 Å². The number of carbonyl (C=O) groups is 1. The number of carbonyl (C=O) groups excluding carboxylic acids is 1. The maximum Gasteiger partial charge on any atom is 0.257 e. The van der Waals surface area contributed by atoms with Gasteiger partial charge in [0.15, 0.2) is 0 Å². The molecule has 0 spiro atoms. The van der Waals surface area contributed by atoms with Crippen molar-refractivity contribution < 1.29 is 14.3 Å². The minimum Gasteiger partial charge on any atom is -0.496 e. The number of hydrogen-bond donors (Lipinski definition) is 1. The van der Waals surface area contributed by atoms with E-state index < -0.39 is 0 Å². The van der Waals surface area contributed by atoms with Gasteiger partial charge in [-0.05, 0) is 19.1 Å². The fourth-order valence-corrected chi connectivity index (χ4v) is 1.66. The van der Waals surface area contributed by atoms with Gasteiger partial charge in [-0.15, -0.1) is 0 Å². The van der Waals surface area contributed by atoms with Gasteiger partial charge in [0.05, 0.1) is 19.3 Å². The van der Waals surface area contributed by atoms with Crippen molar-refractivity contribution >= 4 is 11.6 Å². The SMILES string of the molecule is CCN(CCOC)C(=O)c1ccc(N)cc1OC. The summed E-state index contributed by atoms with van der Waals surface area (Å²) in [6.07, 6.45) is 0. The first-order chi connectivity index (χ1) is 8.63. The van der Waals surface area contributed by atoms with Crippen LogP contribution in [0.25, 0.3) is 0 Å². The van der Waals surface area contributed by atoms with E-state index in [1.165, 1.54) is 7.11 Å². The van der Waals surface area contributed by atoms with E-state index in [2.05, 4.69) is 0 Å². The van der Waals surface area contributed by atoms with Crippen LogP contribution in [-0.4, -0.2) is 44.7 Å². The molecule has 0 aliphatic heterocycles. The summed E-state index contributed by atoms with van der Waals surface area (Å²) in [6, 6.07) is 5.03. The molecule has 0 bridgehead atoms. The van der Waals surface area contributed by atoms with Crippen LogP contribution in [0.4, 0.5) is 5.69 Å². The molecule has 0 atom stereocenters. The van der Waals surface area contributed by atoms with Gasteiger partial charge in [-0.2, -0.15) is 0 Å². The molecule has 5 heteroatoms. The molecule has 0 aromatic heterocycles. The third-order valence-corrected chi connectivity index (χ3v) is 2.69. The molecule has 0 saturated heterocycles. The largest absolute Gasteiger partial charge is 0.496 e. The van der Waals surface area contributed by atoms with Crippen molar-refractivity contribution in [2.75, 3.05) is 39.6 Å². The molecule has 1 rings (SSSR count). The Bertz CT molecular complexity index is 407. The third kappa shape index (κ3) is 3.37. The van der Waals surface area contributed by atoms with Gasteiger partial charge >= 0.3 is 0 Å². The number of nitrogens with two attached hydrogens (primary N) is 1. The van der Waals surface area contributed by atoms with Gasteiger partial charge in [-0.1, -0.05) is 0 Å². The Morgan fingerprint density at radius 3 is 2.67 bits per heavy atom. The van der Waals surface area contributed by atoms with Crippen LogP contribution < -0.4 is 10.5 Å². The first kappa shape index (κ1) is 14.3. The molecule has 18 heavy (non-hydrogen) atoms. The van der Waals surface area contributed by atoms with Crippen molar-refractivity contribution in [3.8, 4) is 5.75 Å². The van der Waals surface area contributed by atoms with Gasteiger partial charge in [-0.25, -0.2) is 0 Å². The second kappa shape index (κ2) is 6.86. The van der Waals surface area contributed by atoms with E-state index in [9.17, 15) is 4.79 Å². The highest BCUT2D eigenvalue weighted by Crippen LogP contribution is 2.22. The average molecular weight is 252 g/mol. The van der Waals surface area contributed by atoms with E-state index in [4.69, 9.17) is 15.2 Å². The molecule has 5 nitrogen and oxygen atoms in total. The Morgan fingerprint density at radius 2 is 2.11 bits per heavy atom. The first-order valence-electron chi connectivity index (χ1n) is 5.85. The zero-order valence-electron chi connectivity index (χ0n) is 11.1. The molecule has 0 radical (unpaired) electrons. The second-order valence-electron chi connectivity index (χ2n) is 3.84. The molecule has 0 saturated carbocycles. The van der Waals surface area contributed by atoms with Crippen LogP contribution in [0.3, 0.4) is 0 Å². The number of benzene rings is 1. The lowest BCUT2D eigenvalue weighted by atomic mass is 10.1. The number of methoxy groups -OCH3 is 2. The summed E-state index contributed by atoms with van der Waals surface area (Å²) in [7, 11) is 3.14. The molecular formula is C13H20N2O3. The van der Waals surface area contributed by atoms with Crippen LogP contribution in [-0.2, 0) is 4.74 Å². The minimum absolute atomic E-state index is 0.0774. The summed E-state index contributed by atoms with van der Waals surface area (Å²) < 4.78 is 10.2. The predicted octanol–water partition coefficient (Wildman–Crippen LogP) is 1.39. The minimum atomic E-state index is -0.0774. The highest BCUT2D eigenvalue weighted by atomic mass is 16.5. The number of anilines is 1. The van der Waals surface area contributed by atoms with Gasteiger partial charge in [0.2, 0.25) is 0 Å². The lowest BCUT2D eigenvalue weighted by molar-refractivity contribution is 0.0703. The fraction of sp³-hybridized carbons (Fsp3) is 0.462.